The summed E-state index contributed by atoms with van der Waals surface area (Å²) in [6.45, 7) is 4.85. The van der Waals surface area contributed by atoms with Crippen LogP contribution in [-0.4, -0.2) is 41.4 Å². The third kappa shape index (κ3) is 2.76. The standard InChI is InChI=1S/C19H22N4O/c1-14-10-18-20-17(16-6-4-3-5-7-16)11-19(23(18)21-14)22-9-8-15(12-22)13-24-2/h3-7,10-11,15H,8-9,12-13H2,1-2H3/t15-/m0/s1. The lowest BCUT2D eigenvalue weighted by atomic mass is 10.1. The van der Waals surface area contributed by atoms with Gasteiger partial charge in [0.15, 0.2) is 5.65 Å². The van der Waals surface area contributed by atoms with Crippen LogP contribution in [0.1, 0.15) is 12.1 Å². The second-order valence-electron chi connectivity index (χ2n) is 6.48. The van der Waals surface area contributed by atoms with Crippen LogP contribution < -0.4 is 4.90 Å². The van der Waals surface area contributed by atoms with Crippen LogP contribution >= 0.6 is 0 Å². The fourth-order valence-electron chi connectivity index (χ4n) is 3.47. The average Bonchev–Trinajstić information content (AvgIpc) is 3.20. The van der Waals surface area contributed by atoms with Gasteiger partial charge < -0.3 is 9.64 Å². The average molecular weight is 322 g/mol. The molecule has 5 nitrogen and oxygen atoms in total. The van der Waals surface area contributed by atoms with Crippen LogP contribution in [0.2, 0.25) is 0 Å². The summed E-state index contributed by atoms with van der Waals surface area (Å²) in [5.41, 5.74) is 4.02. The lowest BCUT2D eigenvalue weighted by Crippen LogP contribution is -2.24. The number of hydrogen-bond donors (Lipinski definition) is 0. The molecular weight excluding hydrogens is 300 g/mol. The van der Waals surface area contributed by atoms with Crippen LogP contribution in [0.25, 0.3) is 16.9 Å². The second-order valence-corrected chi connectivity index (χ2v) is 6.48. The molecule has 0 unspecified atom stereocenters. The largest absolute Gasteiger partial charge is 0.384 e. The van der Waals surface area contributed by atoms with Gasteiger partial charge in [-0.3, -0.25) is 0 Å². The summed E-state index contributed by atoms with van der Waals surface area (Å²) < 4.78 is 7.30. The van der Waals surface area contributed by atoms with Crippen molar-refractivity contribution in [3.63, 3.8) is 0 Å². The molecule has 0 spiro atoms. The highest BCUT2D eigenvalue weighted by atomic mass is 16.5. The molecule has 1 saturated heterocycles. The third-order valence-electron chi connectivity index (χ3n) is 4.61. The zero-order valence-electron chi connectivity index (χ0n) is 14.1. The van der Waals surface area contributed by atoms with Crippen LogP contribution in [0, 0.1) is 12.8 Å². The number of fused-ring (bicyclic) bond motifs is 1. The number of ether oxygens (including phenoxy) is 1. The van der Waals surface area contributed by atoms with Crippen LogP contribution in [-0.2, 0) is 4.74 Å². The summed E-state index contributed by atoms with van der Waals surface area (Å²) in [4.78, 5) is 7.20. The van der Waals surface area contributed by atoms with Crippen molar-refractivity contribution in [1.29, 1.82) is 0 Å². The van der Waals surface area contributed by atoms with E-state index in [1.165, 1.54) is 0 Å². The molecule has 0 N–H and O–H groups in total. The minimum Gasteiger partial charge on any atom is -0.384 e. The zero-order chi connectivity index (χ0) is 16.5. The van der Waals surface area contributed by atoms with Crippen molar-refractivity contribution in [2.75, 3.05) is 31.7 Å². The first-order chi connectivity index (χ1) is 11.7. The molecule has 1 aliphatic heterocycles. The molecular formula is C19H22N4O. The topological polar surface area (TPSA) is 42.7 Å². The maximum atomic E-state index is 5.33. The van der Waals surface area contributed by atoms with Crippen LogP contribution in [0.5, 0.6) is 0 Å². The Balaban J connectivity index is 1.79. The van der Waals surface area contributed by atoms with Crippen molar-refractivity contribution in [3.05, 3.63) is 48.2 Å². The first-order valence-electron chi connectivity index (χ1n) is 8.41. The SMILES string of the molecule is COC[C@H]1CCN(c2cc(-c3ccccc3)nc3cc(C)nn23)C1. The van der Waals surface area contributed by atoms with E-state index in [4.69, 9.17) is 9.72 Å². The first kappa shape index (κ1) is 15.1. The normalized spacial score (nSPS) is 17.8. The Hall–Kier alpha value is -2.40. The highest BCUT2D eigenvalue weighted by Gasteiger charge is 2.25. The smallest absolute Gasteiger partial charge is 0.158 e. The Bertz CT molecular complexity index is 843. The van der Waals surface area contributed by atoms with Gasteiger partial charge in [0.2, 0.25) is 0 Å². The number of nitrogens with zero attached hydrogens (tertiary/aromatic N) is 4. The Morgan fingerprint density at radius 2 is 2.04 bits per heavy atom. The molecule has 1 aromatic carbocycles. The van der Waals surface area contributed by atoms with Gasteiger partial charge in [-0.2, -0.15) is 9.61 Å². The monoisotopic (exact) mass is 322 g/mol. The number of aromatic nitrogens is 3. The quantitative estimate of drug-likeness (QED) is 0.740. The van der Waals surface area contributed by atoms with Crippen molar-refractivity contribution in [1.82, 2.24) is 14.6 Å². The minimum absolute atomic E-state index is 0.579. The molecule has 0 bridgehead atoms. The van der Waals surface area contributed by atoms with E-state index in [1.54, 1.807) is 7.11 Å². The molecule has 2 aromatic heterocycles. The van der Waals surface area contributed by atoms with Crippen LogP contribution in [0.3, 0.4) is 0 Å². The molecule has 124 valence electrons. The van der Waals surface area contributed by atoms with Crippen molar-refractivity contribution >= 4 is 11.5 Å². The summed E-state index contributed by atoms with van der Waals surface area (Å²) in [6.07, 6.45) is 1.15. The fourth-order valence-corrected chi connectivity index (χ4v) is 3.47. The highest BCUT2D eigenvalue weighted by molar-refractivity contribution is 5.67. The van der Waals surface area contributed by atoms with Gasteiger partial charge in [0, 0.05) is 43.8 Å². The molecule has 24 heavy (non-hydrogen) atoms. The minimum atomic E-state index is 0.579. The number of benzene rings is 1. The predicted octanol–water partition coefficient (Wildman–Crippen LogP) is 3.18. The Labute approximate surface area is 141 Å². The van der Waals surface area contributed by atoms with Gasteiger partial charge in [-0.15, -0.1) is 0 Å². The van der Waals surface area contributed by atoms with E-state index in [0.717, 1.165) is 54.5 Å². The van der Waals surface area contributed by atoms with Crippen LogP contribution in [0.4, 0.5) is 5.82 Å². The van der Waals surface area contributed by atoms with Gasteiger partial charge in [0.25, 0.3) is 0 Å². The molecule has 0 aliphatic carbocycles. The first-order valence-corrected chi connectivity index (χ1v) is 8.41. The zero-order valence-corrected chi connectivity index (χ0v) is 14.1. The van der Waals surface area contributed by atoms with E-state index in [0.29, 0.717) is 5.92 Å². The maximum absolute atomic E-state index is 5.33. The van der Waals surface area contributed by atoms with E-state index in [1.807, 2.05) is 35.7 Å². The molecule has 3 aromatic rings. The fraction of sp³-hybridized carbons (Fsp3) is 0.368. The molecule has 0 saturated carbocycles. The van der Waals surface area contributed by atoms with Crippen molar-refractivity contribution in [2.45, 2.75) is 13.3 Å². The van der Waals surface area contributed by atoms with E-state index in [9.17, 15) is 0 Å². The van der Waals surface area contributed by atoms with E-state index in [-0.39, 0.29) is 0 Å². The summed E-state index contributed by atoms with van der Waals surface area (Å²) >= 11 is 0. The van der Waals surface area contributed by atoms with E-state index >= 15 is 0 Å². The Morgan fingerprint density at radius 3 is 2.83 bits per heavy atom. The molecule has 1 atom stereocenters. The van der Waals surface area contributed by atoms with Crippen molar-refractivity contribution in [3.8, 4) is 11.3 Å². The number of anilines is 1. The molecule has 0 radical (unpaired) electrons. The van der Waals surface area contributed by atoms with Gasteiger partial charge in [-0.1, -0.05) is 30.3 Å². The summed E-state index contributed by atoms with van der Waals surface area (Å²) in [7, 11) is 1.78. The molecule has 1 aliphatic rings. The number of methoxy groups -OCH3 is 1. The molecule has 5 heteroatoms. The maximum Gasteiger partial charge on any atom is 0.158 e. The van der Waals surface area contributed by atoms with Gasteiger partial charge in [-0.05, 0) is 13.3 Å². The number of rotatable bonds is 4. The van der Waals surface area contributed by atoms with Crippen LogP contribution in [0.15, 0.2) is 42.5 Å². The Morgan fingerprint density at radius 1 is 1.21 bits per heavy atom. The van der Waals surface area contributed by atoms with E-state index < -0.39 is 0 Å². The van der Waals surface area contributed by atoms with Crippen molar-refractivity contribution in [2.24, 2.45) is 5.92 Å². The molecule has 3 heterocycles. The highest BCUT2D eigenvalue weighted by Crippen LogP contribution is 2.28. The van der Waals surface area contributed by atoms with Gasteiger partial charge in [0.1, 0.15) is 5.82 Å². The second kappa shape index (κ2) is 6.24. The lowest BCUT2D eigenvalue weighted by molar-refractivity contribution is 0.161. The Kier molecular flexibility index (Phi) is 3.94. The predicted molar refractivity (Wildman–Crippen MR) is 95.4 cm³/mol. The van der Waals surface area contributed by atoms with Gasteiger partial charge >= 0.3 is 0 Å². The van der Waals surface area contributed by atoms with Gasteiger partial charge in [-0.25, -0.2) is 4.98 Å². The number of hydrogen-bond acceptors (Lipinski definition) is 4. The molecule has 4 rings (SSSR count). The number of aryl methyl sites for hydroxylation is 1. The summed E-state index contributed by atoms with van der Waals surface area (Å²) in [5.74, 6) is 1.70. The lowest BCUT2D eigenvalue weighted by Gasteiger charge is -2.20. The van der Waals surface area contributed by atoms with E-state index in [2.05, 4.69) is 28.2 Å². The third-order valence-corrected chi connectivity index (χ3v) is 4.61. The molecule has 0 amide bonds. The van der Waals surface area contributed by atoms with Crippen molar-refractivity contribution < 1.29 is 4.74 Å². The molecule has 1 fully saturated rings. The van der Waals surface area contributed by atoms with Gasteiger partial charge in [0.05, 0.1) is 18.0 Å². The summed E-state index contributed by atoms with van der Waals surface area (Å²) in [5, 5.41) is 4.64. The summed E-state index contributed by atoms with van der Waals surface area (Å²) in [6, 6.07) is 14.5.